The molecule has 0 amide bonds. The average Bonchev–Trinajstić information content (AvgIpc) is 2.55. The number of aliphatic imine (C=N–C) groups is 1. The summed E-state index contributed by atoms with van der Waals surface area (Å²) < 4.78 is 26.6. The van der Waals surface area contributed by atoms with Crippen molar-refractivity contribution in [1.82, 2.24) is 4.72 Å². The molecule has 0 heterocycles. The van der Waals surface area contributed by atoms with E-state index in [1.165, 1.54) is 12.1 Å². The Morgan fingerprint density at radius 3 is 2.33 bits per heavy atom. The van der Waals surface area contributed by atoms with Crippen molar-refractivity contribution in [3.05, 3.63) is 69.8 Å². The monoisotopic (exact) mass is 347 g/mol. The van der Waals surface area contributed by atoms with Crippen LogP contribution in [0, 0.1) is 17.0 Å². The number of non-ortho nitro benzene ring substituents is 1. The van der Waals surface area contributed by atoms with Crippen molar-refractivity contribution in [2.75, 3.05) is 13.1 Å². The molecule has 0 spiro atoms. The fourth-order valence-electron chi connectivity index (χ4n) is 1.90. The van der Waals surface area contributed by atoms with E-state index in [0.717, 1.165) is 5.56 Å². The smallest absolute Gasteiger partial charge is 0.269 e. The third-order valence-corrected chi connectivity index (χ3v) is 4.69. The molecule has 0 aliphatic carbocycles. The number of nitrogens with zero attached hydrogens (tertiary/aromatic N) is 2. The van der Waals surface area contributed by atoms with Crippen LogP contribution in [0.3, 0.4) is 0 Å². The molecule has 2 aromatic rings. The summed E-state index contributed by atoms with van der Waals surface area (Å²) >= 11 is 0. The lowest BCUT2D eigenvalue weighted by Gasteiger charge is -2.05. The van der Waals surface area contributed by atoms with Crippen LogP contribution in [0.2, 0.25) is 0 Å². The molecular weight excluding hydrogens is 330 g/mol. The summed E-state index contributed by atoms with van der Waals surface area (Å²) in [6, 6.07) is 12.5. The van der Waals surface area contributed by atoms with Crippen molar-refractivity contribution in [3.63, 3.8) is 0 Å². The summed E-state index contributed by atoms with van der Waals surface area (Å²) in [5.41, 5.74) is 1.71. The van der Waals surface area contributed by atoms with E-state index in [0.29, 0.717) is 5.56 Å². The number of nitro groups is 1. The van der Waals surface area contributed by atoms with Gasteiger partial charge in [-0.25, -0.2) is 13.1 Å². The Morgan fingerprint density at radius 1 is 1.12 bits per heavy atom. The fraction of sp³-hybridized carbons (Fsp3) is 0.188. The van der Waals surface area contributed by atoms with E-state index < -0.39 is 14.9 Å². The number of sulfonamides is 1. The summed E-state index contributed by atoms with van der Waals surface area (Å²) in [5, 5.41) is 10.5. The highest BCUT2D eigenvalue weighted by Gasteiger charge is 2.12. The van der Waals surface area contributed by atoms with Gasteiger partial charge in [-0.3, -0.25) is 15.1 Å². The van der Waals surface area contributed by atoms with E-state index in [-0.39, 0.29) is 23.7 Å². The van der Waals surface area contributed by atoms with Crippen LogP contribution in [-0.2, 0) is 10.0 Å². The molecule has 0 aliphatic rings. The van der Waals surface area contributed by atoms with E-state index in [1.807, 2.05) is 6.92 Å². The summed E-state index contributed by atoms with van der Waals surface area (Å²) in [4.78, 5) is 14.4. The highest BCUT2D eigenvalue weighted by atomic mass is 32.2. The second-order valence-corrected chi connectivity index (χ2v) is 6.86. The van der Waals surface area contributed by atoms with Crippen LogP contribution in [0.4, 0.5) is 5.69 Å². The van der Waals surface area contributed by atoms with Gasteiger partial charge in [-0.05, 0) is 36.8 Å². The zero-order valence-electron chi connectivity index (χ0n) is 13.0. The first-order valence-electron chi connectivity index (χ1n) is 7.19. The predicted octanol–water partition coefficient (Wildman–Crippen LogP) is 2.30. The number of aryl methyl sites for hydroxylation is 1. The molecule has 0 aromatic heterocycles. The molecule has 7 nitrogen and oxygen atoms in total. The van der Waals surface area contributed by atoms with Crippen molar-refractivity contribution >= 4 is 21.9 Å². The molecule has 0 atom stereocenters. The molecule has 0 aliphatic heterocycles. The topological polar surface area (TPSA) is 102 Å². The van der Waals surface area contributed by atoms with Crippen molar-refractivity contribution in [1.29, 1.82) is 0 Å². The SMILES string of the molecule is Cc1ccc(S(=O)(=O)NCCN=Cc2ccc([N+](=O)[O-])cc2)cc1. The largest absolute Gasteiger partial charge is 0.291 e. The lowest BCUT2D eigenvalue weighted by Crippen LogP contribution is -2.26. The maximum absolute atomic E-state index is 12.1. The van der Waals surface area contributed by atoms with Gasteiger partial charge in [0.15, 0.2) is 0 Å². The normalized spacial score (nSPS) is 11.7. The number of hydrogen-bond acceptors (Lipinski definition) is 5. The third kappa shape index (κ3) is 4.97. The van der Waals surface area contributed by atoms with E-state index in [9.17, 15) is 18.5 Å². The van der Waals surface area contributed by atoms with Crippen LogP contribution in [0.15, 0.2) is 58.4 Å². The summed E-state index contributed by atoms with van der Waals surface area (Å²) in [6.07, 6.45) is 1.55. The van der Waals surface area contributed by atoms with Gasteiger partial charge < -0.3 is 0 Å². The lowest BCUT2D eigenvalue weighted by atomic mass is 10.2. The number of rotatable bonds is 7. The lowest BCUT2D eigenvalue weighted by molar-refractivity contribution is -0.384. The average molecular weight is 347 g/mol. The standard InChI is InChI=1S/C16H17N3O4S/c1-13-2-8-16(9-3-13)24(22,23)18-11-10-17-12-14-4-6-15(7-5-14)19(20)21/h2-9,12,18H,10-11H2,1H3. The molecule has 0 saturated heterocycles. The summed E-state index contributed by atoms with van der Waals surface area (Å²) in [6.45, 7) is 2.32. The van der Waals surface area contributed by atoms with Gasteiger partial charge in [0.25, 0.3) is 5.69 Å². The molecule has 8 heteroatoms. The number of benzene rings is 2. The number of nitrogens with one attached hydrogen (secondary N) is 1. The predicted molar refractivity (Wildman–Crippen MR) is 91.9 cm³/mol. The van der Waals surface area contributed by atoms with E-state index in [4.69, 9.17) is 0 Å². The van der Waals surface area contributed by atoms with Crippen LogP contribution in [0.25, 0.3) is 0 Å². The van der Waals surface area contributed by atoms with Crippen LogP contribution in [-0.4, -0.2) is 32.6 Å². The Kier molecular flexibility index (Phi) is 5.78. The van der Waals surface area contributed by atoms with Gasteiger partial charge in [0.2, 0.25) is 10.0 Å². The zero-order chi connectivity index (χ0) is 17.6. The first kappa shape index (κ1) is 17.8. The molecule has 2 rings (SSSR count). The summed E-state index contributed by atoms with van der Waals surface area (Å²) in [7, 11) is -3.54. The van der Waals surface area contributed by atoms with Crippen LogP contribution < -0.4 is 4.72 Å². The van der Waals surface area contributed by atoms with Crippen LogP contribution in [0.5, 0.6) is 0 Å². The van der Waals surface area contributed by atoms with Crippen LogP contribution >= 0.6 is 0 Å². The fourth-order valence-corrected chi connectivity index (χ4v) is 2.92. The number of nitro benzene ring substituents is 1. The van der Waals surface area contributed by atoms with Gasteiger partial charge in [0, 0.05) is 24.9 Å². The first-order valence-corrected chi connectivity index (χ1v) is 8.67. The summed E-state index contributed by atoms with van der Waals surface area (Å²) in [5.74, 6) is 0. The van der Waals surface area contributed by atoms with Gasteiger partial charge in [-0.1, -0.05) is 17.7 Å². The van der Waals surface area contributed by atoms with Crippen molar-refractivity contribution in [2.45, 2.75) is 11.8 Å². The highest BCUT2D eigenvalue weighted by Crippen LogP contribution is 2.11. The highest BCUT2D eigenvalue weighted by molar-refractivity contribution is 7.89. The second kappa shape index (κ2) is 7.80. The van der Waals surface area contributed by atoms with Crippen LogP contribution in [0.1, 0.15) is 11.1 Å². The Balaban J connectivity index is 1.85. The molecule has 0 fully saturated rings. The van der Waals surface area contributed by atoms with E-state index in [2.05, 4.69) is 9.71 Å². The number of hydrogen-bond donors (Lipinski definition) is 1. The van der Waals surface area contributed by atoms with Gasteiger partial charge in [-0.2, -0.15) is 0 Å². The Hall–Kier alpha value is -2.58. The van der Waals surface area contributed by atoms with Gasteiger partial charge in [-0.15, -0.1) is 0 Å². The minimum atomic E-state index is -3.54. The molecule has 126 valence electrons. The van der Waals surface area contributed by atoms with Crippen molar-refractivity contribution in [3.8, 4) is 0 Å². The molecule has 0 radical (unpaired) electrons. The molecule has 0 bridgehead atoms. The van der Waals surface area contributed by atoms with E-state index in [1.54, 1.807) is 42.6 Å². The van der Waals surface area contributed by atoms with Crippen molar-refractivity contribution < 1.29 is 13.3 Å². The Bertz CT molecular complexity index is 829. The quantitative estimate of drug-likeness (QED) is 0.359. The molecule has 0 saturated carbocycles. The molecule has 1 N–H and O–H groups in total. The Morgan fingerprint density at radius 2 is 1.75 bits per heavy atom. The van der Waals surface area contributed by atoms with Crippen molar-refractivity contribution in [2.24, 2.45) is 4.99 Å². The zero-order valence-corrected chi connectivity index (χ0v) is 13.9. The maximum atomic E-state index is 12.1. The minimum absolute atomic E-state index is 0.0120. The molecular formula is C16H17N3O4S. The minimum Gasteiger partial charge on any atom is -0.291 e. The first-order chi connectivity index (χ1) is 11.4. The Labute approximate surface area is 140 Å². The second-order valence-electron chi connectivity index (χ2n) is 5.09. The van der Waals surface area contributed by atoms with Gasteiger partial charge >= 0.3 is 0 Å². The van der Waals surface area contributed by atoms with Gasteiger partial charge in [0.1, 0.15) is 0 Å². The molecule has 24 heavy (non-hydrogen) atoms. The third-order valence-electron chi connectivity index (χ3n) is 3.21. The van der Waals surface area contributed by atoms with Gasteiger partial charge in [0.05, 0.1) is 16.4 Å². The maximum Gasteiger partial charge on any atom is 0.269 e. The molecule has 0 unspecified atom stereocenters. The molecule has 2 aromatic carbocycles. The van der Waals surface area contributed by atoms with E-state index >= 15 is 0 Å².